The standard InChI is InChI=1S/C24H30N2O5S/c1-16-13-19-15-20(8-9-21(19)26(16)24(27)18-5-4-6-18)32(28,29)25-12-11-17-7-10-22(30-2)23(14-17)31-3/h7-10,14-16,18,25H,4-6,11-13H2,1-3H3. The van der Waals surface area contributed by atoms with Gasteiger partial charge in [-0.25, -0.2) is 13.1 Å². The van der Waals surface area contributed by atoms with E-state index in [0.717, 1.165) is 36.1 Å². The molecule has 8 heteroatoms. The van der Waals surface area contributed by atoms with Crippen LogP contribution in [0.1, 0.15) is 37.3 Å². The fourth-order valence-corrected chi connectivity index (χ4v) is 5.49. The van der Waals surface area contributed by atoms with Gasteiger partial charge < -0.3 is 14.4 Å². The zero-order valence-electron chi connectivity index (χ0n) is 18.8. The summed E-state index contributed by atoms with van der Waals surface area (Å²) >= 11 is 0. The van der Waals surface area contributed by atoms with Gasteiger partial charge in [0, 0.05) is 24.2 Å². The number of nitrogens with one attached hydrogen (secondary N) is 1. The summed E-state index contributed by atoms with van der Waals surface area (Å²) in [6.07, 6.45) is 4.20. The Hall–Kier alpha value is -2.58. The average Bonchev–Trinajstić information content (AvgIpc) is 3.07. The minimum absolute atomic E-state index is 0.0501. The van der Waals surface area contributed by atoms with Gasteiger partial charge in [0.1, 0.15) is 0 Å². The molecule has 1 atom stereocenters. The Morgan fingerprint density at radius 3 is 2.50 bits per heavy atom. The van der Waals surface area contributed by atoms with Gasteiger partial charge in [-0.3, -0.25) is 4.79 Å². The van der Waals surface area contributed by atoms with E-state index in [4.69, 9.17) is 9.47 Å². The number of anilines is 1. The Morgan fingerprint density at radius 2 is 1.84 bits per heavy atom. The second kappa shape index (κ2) is 9.11. The molecule has 7 nitrogen and oxygen atoms in total. The molecule has 1 aliphatic heterocycles. The summed E-state index contributed by atoms with van der Waals surface area (Å²) in [5, 5.41) is 0. The highest BCUT2D eigenvalue weighted by Gasteiger charge is 2.37. The number of ether oxygens (including phenoxy) is 2. The number of carbonyl (C=O) groups excluding carboxylic acids is 1. The minimum Gasteiger partial charge on any atom is -0.493 e. The van der Waals surface area contributed by atoms with Crippen LogP contribution >= 0.6 is 0 Å². The number of carbonyl (C=O) groups is 1. The van der Waals surface area contributed by atoms with E-state index in [1.165, 1.54) is 0 Å². The van der Waals surface area contributed by atoms with Crippen LogP contribution < -0.4 is 19.1 Å². The van der Waals surface area contributed by atoms with Gasteiger partial charge in [0.2, 0.25) is 15.9 Å². The molecule has 0 aromatic heterocycles. The lowest BCUT2D eigenvalue weighted by atomic mass is 9.84. The summed E-state index contributed by atoms with van der Waals surface area (Å²) in [6.45, 7) is 2.28. The van der Waals surface area contributed by atoms with Crippen molar-refractivity contribution in [2.24, 2.45) is 5.92 Å². The number of hydrogen-bond donors (Lipinski definition) is 1. The van der Waals surface area contributed by atoms with E-state index in [9.17, 15) is 13.2 Å². The third kappa shape index (κ3) is 4.34. The van der Waals surface area contributed by atoms with Gasteiger partial charge in [-0.15, -0.1) is 0 Å². The molecule has 1 heterocycles. The summed E-state index contributed by atoms with van der Waals surface area (Å²) in [6, 6.07) is 10.7. The van der Waals surface area contributed by atoms with Gasteiger partial charge in [-0.1, -0.05) is 12.5 Å². The number of rotatable bonds is 8. The van der Waals surface area contributed by atoms with Crippen molar-refractivity contribution in [1.82, 2.24) is 4.72 Å². The maximum atomic E-state index is 12.9. The number of hydrogen-bond acceptors (Lipinski definition) is 5. The molecule has 1 amide bonds. The SMILES string of the molecule is COc1ccc(CCNS(=O)(=O)c2ccc3c(c2)CC(C)N3C(=O)C2CCC2)cc1OC. The molecular weight excluding hydrogens is 428 g/mol. The van der Waals surface area contributed by atoms with Crippen LogP contribution in [0.15, 0.2) is 41.3 Å². The third-order valence-electron chi connectivity index (χ3n) is 6.42. The molecule has 1 saturated carbocycles. The predicted octanol–water partition coefficient (Wildman–Crippen LogP) is 3.30. The molecule has 32 heavy (non-hydrogen) atoms. The molecule has 1 aliphatic carbocycles. The number of nitrogens with zero attached hydrogens (tertiary/aromatic N) is 1. The van der Waals surface area contributed by atoms with Crippen molar-refractivity contribution in [3.05, 3.63) is 47.5 Å². The third-order valence-corrected chi connectivity index (χ3v) is 7.88. The van der Waals surface area contributed by atoms with Gasteiger partial charge in [0.25, 0.3) is 0 Å². The lowest BCUT2D eigenvalue weighted by molar-refractivity contribution is -0.125. The van der Waals surface area contributed by atoms with Crippen molar-refractivity contribution in [2.45, 2.75) is 50.0 Å². The van der Waals surface area contributed by atoms with Gasteiger partial charge in [-0.2, -0.15) is 0 Å². The Labute approximate surface area is 189 Å². The summed E-state index contributed by atoms with van der Waals surface area (Å²) in [5.74, 6) is 1.53. The fourth-order valence-electron chi connectivity index (χ4n) is 4.41. The van der Waals surface area contributed by atoms with Crippen molar-refractivity contribution in [3.63, 3.8) is 0 Å². The van der Waals surface area contributed by atoms with E-state index in [2.05, 4.69) is 4.72 Å². The van der Waals surface area contributed by atoms with E-state index in [1.807, 2.05) is 24.0 Å². The second-order valence-corrected chi connectivity index (χ2v) is 10.3. The quantitative estimate of drug-likeness (QED) is 0.656. The van der Waals surface area contributed by atoms with Crippen molar-refractivity contribution >= 4 is 21.6 Å². The highest BCUT2D eigenvalue weighted by molar-refractivity contribution is 7.89. The minimum atomic E-state index is -3.65. The van der Waals surface area contributed by atoms with Crippen LogP contribution in [0.25, 0.3) is 0 Å². The number of methoxy groups -OCH3 is 2. The van der Waals surface area contributed by atoms with Gasteiger partial charge in [0.15, 0.2) is 11.5 Å². The van der Waals surface area contributed by atoms with Crippen LogP contribution in [-0.4, -0.2) is 41.1 Å². The predicted molar refractivity (Wildman–Crippen MR) is 123 cm³/mol. The van der Waals surface area contributed by atoms with E-state index in [0.29, 0.717) is 24.3 Å². The van der Waals surface area contributed by atoms with Crippen molar-refractivity contribution in [1.29, 1.82) is 0 Å². The number of benzene rings is 2. The molecule has 0 spiro atoms. The van der Waals surface area contributed by atoms with Crippen LogP contribution in [-0.2, 0) is 27.7 Å². The van der Waals surface area contributed by atoms with Crippen molar-refractivity contribution < 1.29 is 22.7 Å². The first-order valence-electron chi connectivity index (χ1n) is 11.0. The molecule has 2 aromatic carbocycles. The zero-order chi connectivity index (χ0) is 22.9. The monoisotopic (exact) mass is 458 g/mol. The maximum absolute atomic E-state index is 12.9. The van der Waals surface area contributed by atoms with Crippen LogP contribution in [0.2, 0.25) is 0 Å². The van der Waals surface area contributed by atoms with Gasteiger partial charge >= 0.3 is 0 Å². The number of amides is 1. The highest BCUT2D eigenvalue weighted by atomic mass is 32.2. The molecule has 1 fully saturated rings. The molecule has 0 saturated heterocycles. The Kier molecular flexibility index (Phi) is 6.44. The molecular formula is C24H30N2O5S. The first-order chi connectivity index (χ1) is 15.3. The summed E-state index contributed by atoms with van der Waals surface area (Å²) in [4.78, 5) is 14.9. The topological polar surface area (TPSA) is 84.9 Å². The molecule has 0 radical (unpaired) electrons. The lowest BCUT2D eigenvalue weighted by Gasteiger charge is -2.32. The Morgan fingerprint density at radius 1 is 1.09 bits per heavy atom. The molecule has 0 bridgehead atoms. The van der Waals surface area contributed by atoms with Gasteiger partial charge in [-0.05, 0) is 74.1 Å². The van der Waals surface area contributed by atoms with Crippen molar-refractivity contribution in [2.75, 3.05) is 25.7 Å². The highest BCUT2D eigenvalue weighted by Crippen LogP contribution is 2.38. The second-order valence-electron chi connectivity index (χ2n) is 8.52. The summed E-state index contributed by atoms with van der Waals surface area (Å²) in [5.41, 5.74) is 2.70. The van der Waals surface area contributed by atoms with E-state index in [1.54, 1.807) is 38.5 Å². The lowest BCUT2D eigenvalue weighted by Crippen LogP contribution is -2.42. The summed E-state index contributed by atoms with van der Waals surface area (Å²) < 4.78 is 39.0. The molecule has 4 rings (SSSR count). The molecule has 172 valence electrons. The van der Waals surface area contributed by atoms with E-state index < -0.39 is 10.0 Å². The fraction of sp³-hybridized carbons (Fsp3) is 0.458. The van der Waals surface area contributed by atoms with Crippen LogP contribution in [0.5, 0.6) is 11.5 Å². The Balaban J connectivity index is 1.43. The zero-order valence-corrected chi connectivity index (χ0v) is 19.6. The Bertz CT molecular complexity index is 1110. The van der Waals surface area contributed by atoms with Crippen molar-refractivity contribution in [3.8, 4) is 11.5 Å². The van der Waals surface area contributed by atoms with Crippen LogP contribution in [0, 0.1) is 5.92 Å². The van der Waals surface area contributed by atoms with Crippen LogP contribution in [0.4, 0.5) is 5.69 Å². The maximum Gasteiger partial charge on any atom is 0.240 e. The van der Waals surface area contributed by atoms with Gasteiger partial charge in [0.05, 0.1) is 19.1 Å². The first kappa shape index (κ1) is 22.6. The molecule has 1 N–H and O–H groups in total. The van der Waals surface area contributed by atoms with E-state index in [-0.39, 0.29) is 29.3 Å². The summed E-state index contributed by atoms with van der Waals surface area (Å²) in [7, 11) is -0.511. The number of sulfonamides is 1. The normalized spacial score (nSPS) is 18.2. The smallest absolute Gasteiger partial charge is 0.240 e. The molecule has 2 aliphatic rings. The number of fused-ring (bicyclic) bond motifs is 1. The molecule has 2 aromatic rings. The first-order valence-corrected chi connectivity index (χ1v) is 12.5. The van der Waals surface area contributed by atoms with E-state index >= 15 is 0 Å². The van der Waals surface area contributed by atoms with Crippen LogP contribution in [0.3, 0.4) is 0 Å². The average molecular weight is 459 g/mol. The molecule has 1 unspecified atom stereocenters. The largest absolute Gasteiger partial charge is 0.493 e.